The second-order valence-corrected chi connectivity index (χ2v) is 6.38. The van der Waals surface area contributed by atoms with Crippen molar-refractivity contribution in [3.05, 3.63) is 91.5 Å². The minimum atomic E-state index is 1.16. The van der Waals surface area contributed by atoms with Crippen LogP contribution in [0, 0.1) is 0 Å². The highest BCUT2D eigenvalue weighted by Gasteiger charge is 2.14. The summed E-state index contributed by atoms with van der Waals surface area (Å²) in [5.74, 6) is 0. The standard InChI is InChI=1S/C22H18N3/c1-23-13-14-24(16-23)18-11-12-20-19-9-5-6-10-21(19)25(22(20)15-18)17-7-3-2-4-8-17/h2-16H,1H3/q+1. The van der Waals surface area contributed by atoms with Gasteiger partial charge in [-0.3, -0.25) is 0 Å². The van der Waals surface area contributed by atoms with Gasteiger partial charge < -0.3 is 4.57 Å². The predicted molar refractivity (Wildman–Crippen MR) is 101 cm³/mol. The smallest absolute Gasteiger partial charge is 0.248 e. The van der Waals surface area contributed by atoms with Crippen LogP contribution in [0.2, 0.25) is 0 Å². The number of para-hydroxylation sites is 2. The quantitative estimate of drug-likeness (QED) is 0.427. The van der Waals surface area contributed by atoms with Crippen molar-refractivity contribution in [3.8, 4) is 11.4 Å². The lowest BCUT2D eigenvalue weighted by Crippen LogP contribution is -2.23. The zero-order valence-electron chi connectivity index (χ0n) is 14.0. The molecule has 0 saturated carbocycles. The SMILES string of the molecule is C[n+]1ccn(-c2ccc3c4ccccc4n(-c4ccccc4)c3c2)c1. The van der Waals surface area contributed by atoms with Crippen molar-refractivity contribution in [2.75, 3.05) is 0 Å². The summed E-state index contributed by atoms with van der Waals surface area (Å²) in [6, 6.07) is 25.8. The zero-order chi connectivity index (χ0) is 16.8. The summed E-state index contributed by atoms with van der Waals surface area (Å²) in [5.41, 5.74) is 4.80. The molecule has 5 aromatic rings. The maximum Gasteiger partial charge on any atom is 0.248 e. The van der Waals surface area contributed by atoms with Gasteiger partial charge in [-0.15, -0.1) is 0 Å². The fourth-order valence-electron chi connectivity index (χ4n) is 3.58. The third kappa shape index (κ3) is 2.17. The van der Waals surface area contributed by atoms with Crippen LogP contribution in [-0.4, -0.2) is 9.13 Å². The van der Waals surface area contributed by atoms with Gasteiger partial charge in [-0.2, -0.15) is 0 Å². The molecule has 120 valence electrons. The highest BCUT2D eigenvalue weighted by molar-refractivity contribution is 6.09. The number of rotatable bonds is 2. The van der Waals surface area contributed by atoms with Gasteiger partial charge in [0.2, 0.25) is 6.33 Å². The highest BCUT2D eigenvalue weighted by atomic mass is 15.1. The Bertz CT molecular complexity index is 1200. The average molecular weight is 324 g/mol. The lowest BCUT2D eigenvalue weighted by Gasteiger charge is -2.07. The van der Waals surface area contributed by atoms with Crippen molar-refractivity contribution in [2.45, 2.75) is 0 Å². The molecule has 0 atom stereocenters. The fourth-order valence-corrected chi connectivity index (χ4v) is 3.58. The lowest BCUT2D eigenvalue weighted by molar-refractivity contribution is -0.670. The average Bonchev–Trinajstić information content (AvgIpc) is 3.23. The highest BCUT2D eigenvalue weighted by Crippen LogP contribution is 2.32. The molecule has 3 aromatic carbocycles. The Morgan fingerprint density at radius 1 is 0.720 bits per heavy atom. The van der Waals surface area contributed by atoms with Gasteiger partial charge in [0.25, 0.3) is 0 Å². The van der Waals surface area contributed by atoms with Crippen LogP contribution in [0.5, 0.6) is 0 Å². The molecule has 5 rings (SSSR count). The molecule has 0 radical (unpaired) electrons. The maximum atomic E-state index is 2.34. The molecule has 0 amide bonds. The van der Waals surface area contributed by atoms with Gasteiger partial charge in [0, 0.05) is 22.5 Å². The second kappa shape index (κ2) is 5.35. The van der Waals surface area contributed by atoms with Gasteiger partial charge in [0.15, 0.2) is 0 Å². The van der Waals surface area contributed by atoms with Crippen LogP contribution in [0.25, 0.3) is 33.2 Å². The van der Waals surface area contributed by atoms with Crippen LogP contribution >= 0.6 is 0 Å². The van der Waals surface area contributed by atoms with E-state index in [1.54, 1.807) is 0 Å². The molecule has 3 heteroatoms. The third-order valence-corrected chi connectivity index (χ3v) is 4.74. The van der Waals surface area contributed by atoms with Gasteiger partial charge in [-0.25, -0.2) is 9.13 Å². The second-order valence-electron chi connectivity index (χ2n) is 6.38. The summed E-state index contributed by atoms with van der Waals surface area (Å²) in [5, 5.41) is 2.56. The number of benzene rings is 3. The van der Waals surface area contributed by atoms with Gasteiger partial charge in [-0.1, -0.05) is 36.4 Å². The summed E-state index contributed by atoms with van der Waals surface area (Å²) in [6.45, 7) is 0. The van der Waals surface area contributed by atoms with E-state index in [0.29, 0.717) is 0 Å². The summed E-state index contributed by atoms with van der Waals surface area (Å²) in [6.07, 6.45) is 6.21. The van der Waals surface area contributed by atoms with Crippen molar-refractivity contribution in [3.63, 3.8) is 0 Å². The molecule has 0 fully saturated rings. The Balaban J connectivity index is 1.88. The van der Waals surface area contributed by atoms with Crippen LogP contribution in [-0.2, 0) is 7.05 Å². The predicted octanol–water partition coefficient (Wildman–Crippen LogP) is 4.40. The molecule has 0 bridgehead atoms. The summed E-state index contributed by atoms with van der Waals surface area (Å²) in [4.78, 5) is 0. The largest absolute Gasteiger partial charge is 0.309 e. The Morgan fingerprint density at radius 2 is 1.48 bits per heavy atom. The maximum absolute atomic E-state index is 2.34. The fraction of sp³-hybridized carbons (Fsp3) is 0.0455. The molecule has 2 aromatic heterocycles. The van der Waals surface area contributed by atoms with Gasteiger partial charge in [0.05, 0.1) is 18.1 Å². The first-order valence-electron chi connectivity index (χ1n) is 8.43. The minimum Gasteiger partial charge on any atom is -0.309 e. The molecular formula is C22H18N3+. The third-order valence-electron chi connectivity index (χ3n) is 4.74. The molecule has 2 heterocycles. The normalized spacial score (nSPS) is 11.4. The van der Waals surface area contributed by atoms with E-state index < -0.39 is 0 Å². The van der Waals surface area contributed by atoms with E-state index in [1.807, 2.05) is 7.05 Å². The van der Waals surface area contributed by atoms with Crippen molar-refractivity contribution >= 4 is 21.8 Å². The zero-order valence-corrected chi connectivity index (χ0v) is 14.0. The Morgan fingerprint density at radius 3 is 2.28 bits per heavy atom. The summed E-state index contributed by atoms with van der Waals surface area (Å²) in [7, 11) is 2.04. The number of aryl methyl sites for hydroxylation is 1. The molecule has 0 aliphatic rings. The molecule has 0 aliphatic carbocycles. The van der Waals surface area contributed by atoms with E-state index in [4.69, 9.17) is 0 Å². The molecule has 25 heavy (non-hydrogen) atoms. The van der Waals surface area contributed by atoms with Crippen molar-refractivity contribution < 1.29 is 4.57 Å². The number of hydrogen-bond acceptors (Lipinski definition) is 0. The van der Waals surface area contributed by atoms with Crippen LogP contribution in [0.3, 0.4) is 0 Å². The van der Waals surface area contributed by atoms with Crippen LogP contribution < -0.4 is 4.57 Å². The summed E-state index contributed by atoms with van der Waals surface area (Å²) < 4.78 is 6.54. The number of fused-ring (bicyclic) bond motifs is 3. The minimum absolute atomic E-state index is 1.16. The number of nitrogens with zero attached hydrogens (tertiary/aromatic N) is 3. The number of imidazole rings is 1. The topological polar surface area (TPSA) is 13.7 Å². The van der Waals surface area contributed by atoms with Gasteiger partial charge in [0.1, 0.15) is 18.1 Å². The molecule has 0 aliphatic heterocycles. The Labute approximate surface area is 146 Å². The van der Waals surface area contributed by atoms with E-state index in [2.05, 4.69) is 105 Å². The van der Waals surface area contributed by atoms with Crippen LogP contribution in [0.1, 0.15) is 0 Å². The van der Waals surface area contributed by atoms with E-state index in [1.165, 1.54) is 27.5 Å². The Hall–Kier alpha value is -3.33. The molecule has 0 saturated heterocycles. The van der Waals surface area contributed by atoms with Crippen LogP contribution in [0.15, 0.2) is 91.5 Å². The van der Waals surface area contributed by atoms with E-state index in [0.717, 1.165) is 5.69 Å². The Kier molecular flexibility index (Phi) is 3.01. The van der Waals surface area contributed by atoms with E-state index in [-0.39, 0.29) is 0 Å². The van der Waals surface area contributed by atoms with E-state index >= 15 is 0 Å². The van der Waals surface area contributed by atoms with Crippen molar-refractivity contribution in [1.82, 2.24) is 9.13 Å². The van der Waals surface area contributed by atoms with Crippen molar-refractivity contribution in [2.24, 2.45) is 7.05 Å². The number of hydrogen-bond donors (Lipinski definition) is 0. The van der Waals surface area contributed by atoms with Crippen molar-refractivity contribution in [1.29, 1.82) is 0 Å². The monoisotopic (exact) mass is 324 g/mol. The molecular weight excluding hydrogens is 306 g/mol. The lowest BCUT2D eigenvalue weighted by atomic mass is 10.1. The van der Waals surface area contributed by atoms with Gasteiger partial charge in [-0.05, 0) is 30.3 Å². The first kappa shape index (κ1) is 14.1. The molecule has 0 spiro atoms. The van der Waals surface area contributed by atoms with Gasteiger partial charge >= 0.3 is 0 Å². The first-order chi connectivity index (χ1) is 12.3. The number of aromatic nitrogens is 3. The molecule has 0 unspecified atom stereocenters. The first-order valence-corrected chi connectivity index (χ1v) is 8.43. The molecule has 0 N–H and O–H groups in total. The van der Waals surface area contributed by atoms with Crippen LogP contribution in [0.4, 0.5) is 0 Å². The summed E-state index contributed by atoms with van der Waals surface area (Å²) >= 11 is 0. The van der Waals surface area contributed by atoms with E-state index in [9.17, 15) is 0 Å². The molecule has 3 nitrogen and oxygen atoms in total.